The summed E-state index contributed by atoms with van der Waals surface area (Å²) in [6, 6.07) is 10.5. The summed E-state index contributed by atoms with van der Waals surface area (Å²) in [5, 5.41) is 1.13. The lowest BCUT2D eigenvalue weighted by molar-refractivity contribution is -0.0326. The first kappa shape index (κ1) is 16.0. The third-order valence-electron chi connectivity index (χ3n) is 4.52. The van der Waals surface area contributed by atoms with Crippen molar-refractivity contribution in [1.82, 2.24) is 9.88 Å². The van der Waals surface area contributed by atoms with Crippen LogP contribution in [0.5, 0.6) is 0 Å². The highest BCUT2D eigenvalue weighted by Gasteiger charge is 2.23. The first-order valence-electron chi connectivity index (χ1n) is 8.55. The van der Waals surface area contributed by atoms with E-state index < -0.39 is 0 Å². The van der Waals surface area contributed by atoms with Crippen LogP contribution in [-0.2, 0) is 16.0 Å². The number of hydrogen-bond donors (Lipinski definition) is 0. The zero-order valence-corrected chi connectivity index (χ0v) is 14.6. The van der Waals surface area contributed by atoms with Crippen LogP contribution in [-0.4, -0.2) is 55.9 Å². The fourth-order valence-corrected chi connectivity index (χ4v) is 4.21. The van der Waals surface area contributed by atoms with Crippen LogP contribution >= 0.6 is 11.3 Å². The number of morpholine rings is 2. The number of benzene rings is 1. The standard InChI is InChI=1S/C18H23N3O2S/c1-2-4-15(5-3-1)17-14-20(6-11-23-17)13-16-12-19-18(24-16)21-7-9-22-10-8-21/h1-5,12,17H,6-11,13-14H2/t17-/m0/s1. The van der Waals surface area contributed by atoms with Crippen molar-refractivity contribution >= 4 is 16.5 Å². The molecule has 0 unspecified atom stereocenters. The summed E-state index contributed by atoms with van der Waals surface area (Å²) in [7, 11) is 0. The van der Waals surface area contributed by atoms with Gasteiger partial charge in [0.15, 0.2) is 5.13 Å². The Balaban J connectivity index is 1.37. The molecule has 6 heteroatoms. The highest BCUT2D eigenvalue weighted by Crippen LogP contribution is 2.27. The predicted molar refractivity (Wildman–Crippen MR) is 95.6 cm³/mol. The molecule has 0 radical (unpaired) electrons. The summed E-state index contributed by atoms with van der Waals surface area (Å²) in [5.74, 6) is 0. The van der Waals surface area contributed by atoms with Crippen LogP contribution in [0.4, 0.5) is 5.13 Å². The summed E-state index contributed by atoms with van der Waals surface area (Å²) < 4.78 is 11.4. The molecule has 2 fully saturated rings. The minimum Gasteiger partial charge on any atom is -0.378 e. The lowest BCUT2D eigenvalue weighted by Crippen LogP contribution is -2.37. The molecule has 5 nitrogen and oxygen atoms in total. The maximum atomic E-state index is 5.96. The predicted octanol–water partition coefficient (Wildman–Crippen LogP) is 2.55. The Hall–Kier alpha value is -1.47. The minimum absolute atomic E-state index is 0.173. The lowest BCUT2D eigenvalue weighted by atomic mass is 10.1. The minimum atomic E-state index is 0.173. The van der Waals surface area contributed by atoms with Crippen molar-refractivity contribution in [2.75, 3.05) is 50.9 Å². The van der Waals surface area contributed by atoms with Crippen molar-refractivity contribution < 1.29 is 9.47 Å². The molecule has 1 aromatic heterocycles. The van der Waals surface area contributed by atoms with Crippen molar-refractivity contribution in [3.8, 4) is 0 Å². The first-order chi connectivity index (χ1) is 11.9. The molecule has 2 aromatic rings. The third-order valence-corrected chi connectivity index (χ3v) is 5.57. The highest BCUT2D eigenvalue weighted by molar-refractivity contribution is 7.15. The Morgan fingerprint density at radius 3 is 2.75 bits per heavy atom. The van der Waals surface area contributed by atoms with Gasteiger partial charge in [-0.3, -0.25) is 4.90 Å². The van der Waals surface area contributed by atoms with E-state index in [2.05, 4.69) is 45.1 Å². The Kier molecular flexibility index (Phi) is 5.08. The molecule has 3 heterocycles. The number of ether oxygens (including phenoxy) is 2. The molecule has 0 spiro atoms. The maximum Gasteiger partial charge on any atom is 0.185 e. The Morgan fingerprint density at radius 2 is 1.92 bits per heavy atom. The van der Waals surface area contributed by atoms with Gasteiger partial charge in [-0.2, -0.15) is 0 Å². The number of hydrogen-bond acceptors (Lipinski definition) is 6. The van der Waals surface area contributed by atoms with Crippen molar-refractivity contribution in [2.45, 2.75) is 12.6 Å². The van der Waals surface area contributed by atoms with Crippen LogP contribution in [0.25, 0.3) is 0 Å². The normalized spacial score (nSPS) is 22.7. The van der Waals surface area contributed by atoms with Crippen molar-refractivity contribution in [3.05, 3.63) is 47.0 Å². The van der Waals surface area contributed by atoms with Gasteiger partial charge in [0.25, 0.3) is 0 Å². The summed E-state index contributed by atoms with van der Waals surface area (Å²) in [4.78, 5) is 10.7. The van der Waals surface area contributed by atoms with Gasteiger partial charge in [0.05, 0.1) is 25.9 Å². The van der Waals surface area contributed by atoms with Crippen LogP contribution in [0.15, 0.2) is 36.5 Å². The van der Waals surface area contributed by atoms with Crippen LogP contribution in [0.1, 0.15) is 16.5 Å². The van der Waals surface area contributed by atoms with E-state index in [1.165, 1.54) is 10.4 Å². The molecule has 0 N–H and O–H groups in total. The Bertz CT molecular complexity index is 643. The van der Waals surface area contributed by atoms with Gasteiger partial charge in [0, 0.05) is 43.8 Å². The van der Waals surface area contributed by atoms with E-state index in [9.17, 15) is 0 Å². The summed E-state index contributed by atoms with van der Waals surface area (Å²) in [6.07, 6.45) is 2.20. The van der Waals surface area contributed by atoms with Crippen molar-refractivity contribution in [3.63, 3.8) is 0 Å². The number of thiazole rings is 1. The number of nitrogens with zero attached hydrogens (tertiary/aromatic N) is 3. The summed E-state index contributed by atoms with van der Waals surface area (Å²) in [5.41, 5.74) is 1.26. The van der Waals surface area contributed by atoms with Gasteiger partial charge in [0.2, 0.25) is 0 Å². The largest absolute Gasteiger partial charge is 0.378 e. The molecule has 0 aliphatic carbocycles. The number of rotatable bonds is 4. The number of aromatic nitrogens is 1. The second-order valence-corrected chi connectivity index (χ2v) is 7.31. The van der Waals surface area contributed by atoms with Gasteiger partial charge >= 0.3 is 0 Å². The highest BCUT2D eigenvalue weighted by atomic mass is 32.1. The van der Waals surface area contributed by atoms with Crippen LogP contribution in [0, 0.1) is 0 Å². The molecular formula is C18H23N3O2S. The van der Waals surface area contributed by atoms with Crippen molar-refractivity contribution in [1.29, 1.82) is 0 Å². The Labute approximate surface area is 146 Å². The van der Waals surface area contributed by atoms with Crippen LogP contribution in [0.2, 0.25) is 0 Å². The van der Waals surface area contributed by atoms with Gasteiger partial charge in [-0.1, -0.05) is 30.3 Å². The van der Waals surface area contributed by atoms with E-state index in [4.69, 9.17) is 9.47 Å². The molecule has 1 aromatic carbocycles. The monoisotopic (exact) mass is 345 g/mol. The van der Waals surface area contributed by atoms with Crippen LogP contribution < -0.4 is 4.90 Å². The quantitative estimate of drug-likeness (QED) is 0.851. The van der Waals surface area contributed by atoms with Crippen molar-refractivity contribution in [2.24, 2.45) is 0 Å². The van der Waals surface area contributed by atoms with Gasteiger partial charge in [0.1, 0.15) is 0 Å². The molecule has 0 amide bonds. The number of anilines is 1. The maximum absolute atomic E-state index is 5.96. The molecule has 128 valence electrons. The van der Waals surface area contributed by atoms with E-state index in [1.54, 1.807) is 11.3 Å². The third kappa shape index (κ3) is 3.78. The molecule has 1 atom stereocenters. The molecule has 4 rings (SSSR count). The fraction of sp³-hybridized carbons (Fsp3) is 0.500. The molecule has 0 bridgehead atoms. The zero-order chi connectivity index (χ0) is 16.2. The Morgan fingerprint density at radius 1 is 1.08 bits per heavy atom. The summed E-state index contributed by atoms with van der Waals surface area (Å²) in [6.45, 7) is 7.15. The lowest BCUT2D eigenvalue weighted by Gasteiger charge is -2.32. The molecule has 2 saturated heterocycles. The second kappa shape index (κ2) is 7.61. The van der Waals surface area contributed by atoms with Gasteiger partial charge in [-0.05, 0) is 5.56 Å². The van der Waals surface area contributed by atoms with Gasteiger partial charge < -0.3 is 14.4 Å². The first-order valence-corrected chi connectivity index (χ1v) is 9.36. The molecule has 2 aliphatic rings. The topological polar surface area (TPSA) is 37.8 Å². The SMILES string of the molecule is c1ccc([C@@H]2CN(Cc3cnc(N4CCOCC4)s3)CCO2)cc1. The molecular weight excluding hydrogens is 322 g/mol. The smallest absolute Gasteiger partial charge is 0.185 e. The van der Waals surface area contributed by atoms with E-state index in [0.29, 0.717) is 0 Å². The second-order valence-electron chi connectivity index (χ2n) is 6.21. The van der Waals surface area contributed by atoms with E-state index in [1.807, 2.05) is 6.20 Å². The average Bonchev–Trinajstić information content (AvgIpc) is 3.12. The molecule has 2 aliphatic heterocycles. The van der Waals surface area contributed by atoms with Gasteiger partial charge in [-0.25, -0.2) is 4.98 Å². The molecule has 0 saturated carbocycles. The van der Waals surface area contributed by atoms with E-state index in [-0.39, 0.29) is 6.10 Å². The average molecular weight is 345 g/mol. The van der Waals surface area contributed by atoms with E-state index in [0.717, 1.165) is 57.7 Å². The van der Waals surface area contributed by atoms with Gasteiger partial charge in [-0.15, -0.1) is 11.3 Å². The molecule has 24 heavy (non-hydrogen) atoms. The van der Waals surface area contributed by atoms with Crippen LogP contribution in [0.3, 0.4) is 0 Å². The zero-order valence-electron chi connectivity index (χ0n) is 13.8. The fourth-order valence-electron chi connectivity index (χ4n) is 3.21. The summed E-state index contributed by atoms with van der Waals surface area (Å²) >= 11 is 1.81. The van der Waals surface area contributed by atoms with E-state index >= 15 is 0 Å².